The fourth-order valence-electron chi connectivity index (χ4n) is 3.50. The van der Waals surface area contributed by atoms with E-state index in [9.17, 15) is 14.4 Å². The van der Waals surface area contributed by atoms with Crippen LogP contribution in [0.3, 0.4) is 0 Å². The Balaban J connectivity index is 1.67. The van der Waals surface area contributed by atoms with Crippen LogP contribution in [-0.4, -0.2) is 35.2 Å². The smallest absolute Gasteiger partial charge is 0.326 e. The SMILES string of the molecule is CCOC(=O)CN1C(=O)S/C(=C/c2c(OCc3ccc(C)cc3)ccc3ccccc23)C1=O. The molecule has 7 heteroatoms. The molecule has 1 saturated heterocycles. The van der Waals surface area contributed by atoms with Crippen LogP contribution in [0.1, 0.15) is 23.6 Å². The van der Waals surface area contributed by atoms with Crippen LogP contribution in [0.15, 0.2) is 65.6 Å². The topological polar surface area (TPSA) is 72.9 Å². The van der Waals surface area contributed by atoms with E-state index in [2.05, 4.69) is 0 Å². The Morgan fingerprint density at radius 3 is 2.55 bits per heavy atom. The van der Waals surface area contributed by atoms with Crippen LogP contribution in [0.2, 0.25) is 0 Å². The number of rotatable bonds is 7. The lowest BCUT2D eigenvalue weighted by atomic mass is 10.0. The van der Waals surface area contributed by atoms with Crippen LogP contribution in [0.5, 0.6) is 5.75 Å². The predicted octanol–water partition coefficient (Wildman–Crippen LogP) is 5.33. The van der Waals surface area contributed by atoms with Gasteiger partial charge in [0.15, 0.2) is 0 Å². The molecule has 0 saturated carbocycles. The molecular formula is C26H23NO5S. The number of amides is 2. The molecule has 33 heavy (non-hydrogen) atoms. The number of aryl methyl sites for hydroxylation is 1. The number of nitrogens with zero attached hydrogens (tertiary/aromatic N) is 1. The van der Waals surface area contributed by atoms with E-state index in [0.29, 0.717) is 17.9 Å². The van der Waals surface area contributed by atoms with Gasteiger partial charge in [-0.3, -0.25) is 19.3 Å². The fourth-order valence-corrected chi connectivity index (χ4v) is 4.32. The monoisotopic (exact) mass is 461 g/mol. The van der Waals surface area contributed by atoms with Gasteiger partial charge in [-0.25, -0.2) is 0 Å². The molecule has 0 atom stereocenters. The zero-order chi connectivity index (χ0) is 23.4. The first-order chi connectivity index (χ1) is 16.0. The van der Waals surface area contributed by atoms with Crippen LogP contribution in [0, 0.1) is 6.92 Å². The van der Waals surface area contributed by atoms with E-state index in [0.717, 1.165) is 33.0 Å². The first-order valence-electron chi connectivity index (χ1n) is 10.6. The van der Waals surface area contributed by atoms with Gasteiger partial charge in [-0.2, -0.15) is 0 Å². The molecule has 1 aliphatic heterocycles. The van der Waals surface area contributed by atoms with E-state index >= 15 is 0 Å². The minimum atomic E-state index is -0.617. The molecule has 0 radical (unpaired) electrons. The molecule has 2 amide bonds. The number of hydrogen-bond acceptors (Lipinski definition) is 6. The lowest BCUT2D eigenvalue weighted by Gasteiger charge is -2.13. The van der Waals surface area contributed by atoms with Crippen LogP contribution in [-0.2, 0) is 20.9 Å². The number of hydrogen-bond donors (Lipinski definition) is 0. The fraction of sp³-hybridized carbons (Fsp3) is 0.192. The standard InChI is InChI=1S/C26H23NO5S/c1-3-31-24(28)15-27-25(29)23(33-26(27)30)14-21-20-7-5-4-6-19(20)12-13-22(21)32-16-18-10-8-17(2)9-11-18/h4-14H,3,15-16H2,1-2H3/b23-14+. The van der Waals surface area contributed by atoms with Crippen molar-refractivity contribution in [2.24, 2.45) is 0 Å². The van der Waals surface area contributed by atoms with Gasteiger partial charge in [0, 0.05) is 5.56 Å². The number of esters is 1. The minimum absolute atomic E-state index is 0.183. The number of imide groups is 1. The number of benzene rings is 3. The van der Waals surface area contributed by atoms with Crippen molar-refractivity contribution in [2.45, 2.75) is 20.5 Å². The lowest BCUT2D eigenvalue weighted by molar-refractivity contribution is -0.145. The van der Waals surface area contributed by atoms with E-state index in [1.165, 1.54) is 5.56 Å². The molecule has 3 aromatic rings. The second-order valence-corrected chi connectivity index (χ2v) is 8.54. The van der Waals surface area contributed by atoms with Crippen molar-refractivity contribution < 1.29 is 23.9 Å². The number of carbonyl (C=O) groups is 3. The highest BCUT2D eigenvalue weighted by atomic mass is 32.2. The minimum Gasteiger partial charge on any atom is -0.488 e. The zero-order valence-electron chi connectivity index (χ0n) is 18.4. The Morgan fingerprint density at radius 2 is 1.79 bits per heavy atom. The van der Waals surface area contributed by atoms with Gasteiger partial charge >= 0.3 is 5.97 Å². The average molecular weight is 462 g/mol. The summed E-state index contributed by atoms with van der Waals surface area (Å²) >= 11 is 0.805. The number of fused-ring (bicyclic) bond motifs is 1. The lowest BCUT2D eigenvalue weighted by Crippen LogP contribution is -2.34. The highest BCUT2D eigenvalue weighted by Crippen LogP contribution is 2.37. The molecule has 0 N–H and O–H groups in total. The van der Waals surface area contributed by atoms with Crippen molar-refractivity contribution in [3.8, 4) is 5.75 Å². The van der Waals surface area contributed by atoms with Gasteiger partial charge in [-0.1, -0.05) is 60.2 Å². The van der Waals surface area contributed by atoms with Gasteiger partial charge in [0.1, 0.15) is 18.9 Å². The second-order valence-electron chi connectivity index (χ2n) is 7.55. The Hall–Kier alpha value is -3.58. The third kappa shape index (κ3) is 5.09. The third-order valence-electron chi connectivity index (χ3n) is 5.19. The quantitative estimate of drug-likeness (QED) is 0.350. The number of thioether (sulfide) groups is 1. The molecule has 0 bridgehead atoms. The summed E-state index contributed by atoms with van der Waals surface area (Å²) < 4.78 is 11.0. The molecular weight excluding hydrogens is 438 g/mol. The van der Waals surface area contributed by atoms with E-state index in [1.807, 2.05) is 67.6 Å². The molecule has 168 valence electrons. The van der Waals surface area contributed by atoms with Gasteiger partial charge in [-0.05, 0) is 54.1 Å². The summed E-state index contributed by atoms with van der Waals surface area (Å²) in [5.74, 6) is -0.532. The Kier molecular flexibility index (Phi) is 6.79. The summed E-state index contributed by atoms with van der Waals surface area (Å²) in [7, 11) is 0. The van der Waals surface area contributed by atoms with Crippen LogP contribution in [0.25, 0.3) is 16.8 Å². The maximum absolute atomic E-state index is 12.9. The first-order valence-corrected chi connectivity index (χ1v) is 11.4. The normalized spacial score (nSPS) is 14.8. The van der Waals surface area contributed by atoms with Gasteiger partial charge in [0.05, 0.1) is 11.5 Å². The van der Waals surface area contributed by atoms with Gasteiger partial charge in [0.2, 0.25) is 0 Å². The molecule has 1 aliphatic rings. The molecule has 3 aromatic carbocycles. The molecule has 6 nitrogen and oxygen atoms in total. The van der Waals surface area contributed by atoms with Gasteiger partial charge < -0.3 is 9.47 Å². The summed E-state index contributed by atoms with van der Waals surface area (Å²) in [5.41, 5.74) is 2.90. The first kappa shape index (κ1) is 22.6. The average Bonchev–Trinajstić information content (AvgIpc) is 3.07. The molecule has 0 aliphatic carbocycles. The summed E-state index contributed by atoms with van der Waals surface area (Å²) in [6.07, 6.45) is 1.67. The van der Waals surface area contributed by atoms with Crippen molar-refractivity contribution in [1.29, 1.82) is 0 Å². The molecule has 0 aromatic heterocycles. The molecule has 1 heterocycles. The maximum Gasteiger partial charge on any atom is 0.326 e. The van der Waals surface area contributed by atoms with Crippen molar-refractivity contribution in [3.05, 3.63) is 82.3 Å². The molecule has 1 fully saturated rings. The van der Waals surface area contributed by atoms with Crippen molar-refractivity contribution >= 4 is 45.7 Å². The van der Waals surface area contributed by atoms with Crippen molar-refractivity contribution in [3.63, 3.8) is 0 Å². The summed E-state index contributed by atoms with van der Waals surface area (Å²) in [6, 6.07) is 19.7. The highest BCUT2D eigenvalue weighted by molar-refractivity contribution is 8.18. The van der Waals surface area contributed by atoms with E-state index in [4.69, 9.17) is 9.47 Å². The van der Waals surface area contributed by atoms with Crippen molar-refractivity contribution in [1.82, 2.24) is 4.90 Å². The van der Waals surface area contributed by atoms with E-state index in [-0.39, 0.29) is 11.5 Å². The second kappa shape index (κ2) is 9.92. The molecule has 0 unspecified atom stereocenters. The summed E-state index contributed by atoms with van der Waals surface area (Å²) in [4.78, 5) is 38.2. The predicted molar refractivity (Wildman–Crippen MR) is 129 cm³/mol. The Morgan fingerprint density at radius 1 is 1.03 bits per heavy atom. The van der Waals surface area contributed by atoms with Gasteiger partial charge in [-0.15, -0.1) is 0 Å². The summed E-state index contributed by atoms with van der Waals surface area (Å²) in [6.45, 7) is 3.85. The van der Waals surface area contributed by atoms with Crippen molar-refractivity contribution in [2.75, 3.05) is 13.2 Å². The third-order valence-corrected chi connectivity index (χ3v) is 6.09. The summed E-state index contributed by atoms with van der Waals surface area (Å²) in [5, 5.41) is 1.38. The number of ether oxygens (including phenoxy) is 2. The van der Waals surface area contributed by atoms with Crippen LogP contribution in [0.4, 0.5) is 4.79 Å². The van der Waals surface area contributed by atoms with Gasteiger partial charge in [0.25, 0.3) is 11.1 Å². The van der Waals surface area contributed by atoms with Crippen LogP contribution < -0.4 is 4.74 Å². The van der Waals surface area contributed by atoms with E-state index < -0.39 is 23.7 Å². The Labute approximate surface area is 196 Å². The number of carbonyl (C=O) groups excluding carboxylic acids is 3. The zero-order valence-corrected chi connectivity index (χ0v) is 19.2. The van der Waals surface area contributed by atoms with Crippen LogP contribution >= 0.6 is 11.8 Å². The molecule has 0 spiro atoms. The molecule has 4 rings (SSSR count). The maximum atomic E-state index is 12.9. The van der Waals surface area contributed by atoms with E-state index in [1.54, 1.807) is 13.0 Å². The largest absolute Gasteiger partial charge is 0.488 e. The Bertz CT molecular complexity index is 1250. The highest BCUT2D eigenvalue weighted by Gasteiger charge is 2.37.